The molecular formula is C31H34BrN5O4. The Morgan fingerprint density at radius 3 is 2.61 bits per heavy atom. The molecular weight excluding hydrogens is 586 g/mol. The molecule has 0 saturated carbocycles. The smallest absolute Gasteiger partial charge is 0.252 e. The monoisotopic (exact) mass is 619 g/mol. The quantitative estimate of drug-likeness (QED) is 0.0874. The minimum Gasteiger partial charge on any atom is -0.494 e. The van der Waals surface area contributed by atoms with Crippen LogP contribution in [0.3, 0.4) is 0 Å². The maximum atomic E-state index is 14.2. The fourth-order valence-corrected chi connectivity index (χ4v) is 5.27. The van der Waals surface area contributed by atoms with Crippen LogP contribution in [-0.2, 0) is 16.0 Å². The van der Waals surface area contributed by atoms with E-state index in [2.05, 4.69) is 38.2 Å². The first-order chi connectivity index (χ1) is 20.0. The van der Waals surface area contributed by atoms with Gasteiger partial charge in [0.15, 0.2) is 11.6 Å². The second-order valence-electron chi connectivity index (χ2n) is 9.77. The number of unbranched alkanes of at least 4 members (excludes halogenated alkanes) is 2. The predicted octanol–water partition coefficient (Wildman–Crippen LogP) is 6.96. The van der Waals surface area contributed by atoms with Crippen LogP contribution in [0.2, 0.25) is 0 Å². The van der Waals surface area contributed by atoms with Crippen molar-refractivity contribution in [1.82, 2.24) is 5.32 Å². The molecule has 2 N–H and O–H groups in total. The van der Waals surface area contributed by atoms with Crippen molar-refractivity contribution in [3.8, 4) is 5.75 Å². The number of ether oxygens (including phenoxy) is 2. The molecule has 214 valence electrons. The van der Waals surface area contributed by atoms with E-state index in [1.165, 1.54) is 0 Å². The Balaban J connectivity index is 1.81. The Hall–Kier alpha value is -3.85. The van der Waals surface area contributed by atoms with Crippen LogP contribution >= 0.6 is 15.9 Å². The van der Waals surface area contributed by atoms with Gasteiger partial charge in [-0.25, -0.2) is 4.99 Å². The summed E-state index contributed by atoms with van der Waals surface area (Å²) in [5.74, 6) is 0.730. The molecule has 0 radical (unpaired) electrons. The van der Waals surface area contributed by atoms with Crippen molar-refractivity contribution >= 4 is 33.4 Å². The third-order valence-corrected chi connectivity index (χ3v) is 7.61. The molecule has 4 rings (SSSR count). The van der Waals surface area contributed by atoms with Crippen LogP contribution in [0.25, 0.3) is 10.4 Å². The number of amides is 1. The second kappa shape index (κ2) is 14.7. The van der Waals surface area contributed by atoms with Crippen LogP contribution in [0.5, 0.6) is 5.75 Å². The Bertz CT molecular complexity index is 1410. The summed E-state index contributed by atoms with van der Waals surface area (Å²) in [5.41, 5.74) is 10.4. The summed E-state index contributed by atoms with van der Waals surface area (Å²) in [6.45, 7) is 3.09. The number of aliphatic imine (C=N–C) groups is 1. The molecule has 1 aliphatic heterocycles. The molecule has 0 fully saturated rings. The van der Waals surface area contributed by atoms with Crippen LogP contribution in [0, 0.1) is 0 Å². The summed E-state index contributed by atoms with van der Waals surface area (Å²) < 4.78 is 13.0. The second-order valence-corrected chi connectivity index (χ2v) is 10.6. The first-order valence-electron chi connectivity index (χ1n) is 13.8. The highest BCUT2D eigenvalue weighted by molar-refractivity contribution is 9.10. The molecule has 3 aromatic rings. The van der Waals surface area contributed by atoms with E-state index in [0.29, 0.717) is 48.0 Å². The Morgan fingerprint density at radius 1 is 1.12 bits per heavy atom. The number of carbonyl (C=O) groups is 1. The Labute approximate surface area is 248 Å². The van der Waals surface area contributed by atoms with E-state index in [0.717, 1.165) is 29.3 Å². The number of azide groups is 1. The maximum absolute atomic E-state index is 14.2. The number of hydrogen-bond acceptors (Lipinski definition) is 6. The van der Waals surface area contributed by atoms with E-state index in [1.807, 2.05) is 60.7 Å². The van der Waals surface area contributed by atoms with E-state index in [4.69, 9.17) is 19.6 Å². The largest absolute Gasteiger partial charge is 0.494 e. The van der Waals surface area contributed by atoms with Crippen molar-refractivity contribution in [2.45, 2.75) is 50.7 Å². The number of aliphatic hydroxyl groups excluding tert-OH is 1. The SMILES string of the molecule is CCCCCNC(=O)[C@]1(Cc2ccccc2N=[N+]=[N-])N=C(c2ccc(OCCCO)cc2)O[C@@H]1c1ccccc1Br. The molecule has 9 nitrogen and oxygen atoms in total. The van der Waals surface area contributed by atoms with Gasteiger partial charge in [-0.3, -0.25) is 4.79 Å². The summed E-state index contributed by atoms with van der Waals surface area (Å²) in [6, 6.07) is 22.2. The van der Waals surface area contributed by atoms with Crippen LogP contribution in [0.1, 0.15) is 55.4 Å². The van der Waals surface area contributed by atoms with Gasteiger partial charge < -0.3 is 19.9 Å². The molecule has 3 aromatic carbocycles. The van der Waals surface area contributed by atoms with Gasteiger partial charge in [-0.05, 0) is 47.8 Å². The topological polar surface area (TPSA) is 129 Å². The number of rotatable bonds is 14. The van der Waals surface area contributed by atoms with E-state index in [9.17, 15) is 10.3 Å². The molecule has 2 atom stereocenters. The lowest BCUT2D eigenvalue weighted by molar-refractivity contribution is -0.128. The Kier molecular flexibility index (Phi) is 10.8. The molecule has 0 spiro atoms. The summed E-state index contributed by atoms with van der Waals surface area (Å²) >= 11 is 3.66. The van der Waals surface area contributed by atoms with Crippen LogP contribution < -0.4 is 10.1 Å². The normalized spacial score (nSPS) is 17.7. The lowest BCUT2D eigenvalue weighted by Crippen LogP contribution is -2.50. The van der Waals surface area contributed by atoms with Gasteiger partial charge in [0.1, 0.15) is 5.75 Å². The summed E-state index contributed by atoms with van der Waals surface area (Å²) in [4.78, 5) is 22.3. The number of aliphatic hydroxyl groups is 1. The molecule has 0 saturated heterocycles. The van der Waals surface area contributed by atoms with Crippen molar-refractivity contribution in [3.05, 3.63) is 104 Å². The lowest BCUT2D eigenvalue weighted by atomic mass is 9.81. The third kappa shape index (κ3) is 7.27. The van der Waals surface area contributed by atoms with Gasteiger partial charge in [-0.2, -0.15) is 0 Å². The third-order valence-electron chi connectivity index (χ3n) is 6.89. The molecule has 0 unspecified atom stereocenters. The van der Waals surface area contributed by atoms with E-state index in [-0.39, 0.29) is 18.9 Å². The van der Waals surface area contributed by atoms with Crippen LogP contribution in [-0.4, -0.2) is 42.2 Å². The van der Waals surface area contributed by atoms with Crippen molar-refractivity contribution in [1.29, 1.82) is 0 Å². The van der Waals surface area contributed by atoms with Gasteiger partial charge in [0.2, 0.25) is 5.90 Å². The summed E-state index contributed by atoms with van der Waals surface area (Å²) in [6.07, 6.45) is 2.81. The van der Waals surface area contributed by atoms with Gasteiger partial charge >= 0.3 is 0 Å². The number of benzene rings is 3. The standard InChI is InChI=1S/C31H34BrN5O4/c1-2-3-8-18-34-30(39)31(21-23-10-4-7-13-27(23)36-37-33)28(25-11-5-6-12-26(25)32)41-29(35-31)22-14-16-24(17-15-22)40-20-9-19-38/h4-7,10-17,28,38H,2-3,8-9,18-21H2,1H3,(H,34,39)/t28-,31-/m1/s1. The first kappa shape index (κ1) is 30.1. The van der Waals surface area contributed by atoms with Gasteiger partial charge in [0.05, 0.1) is 6.61 Å². The maximum Gasteiger partial charge on any atom is 0.252 e. The van der Waals surface area contributed by atoms with Gasteiger partial charge in [0, 0.05) is 52.2 Å². The highest BCUT2D eigenvalue weighted by Gasteiger charge is 2.53. The fourth-order valence-electron chi connectivity index (χ4n) is 4.77. The average Bonchev–Trinajstić information content (AvgIpc) is 3.37. The van der Waals surface area contributed by atoms with E-state index >= 15 is 0 Å². The summed E-state index contributed by atoms with van der Waals surface area (Å²) in [7, 11) is 0. The van der Waals surface area contributed by atoms with Gasteiger partial charge in [0.25, 0.3) is 5.91 Å². The molecule has 1 amide bonds. The first-order valence-corrected chi connectivity index (χ1v) is 14.6. The van der Waals surface area contributed by atoms with E-state index < -0.39 is 11.6 Å². The average molecular weight is 621 g/mol. The summed E-state index contributed by atoms with van der Waals surface area (Å²) in [5, 5.41) is 16.0. The number of nitrogens with zero attached hydrogens (tertiary/aromatic N) is 4. The molecule has 10 heteroatoms. The highest BCUT2D eigenvalue weighted by Crippen LogP contribution is 2.45. The molecule has 0 aromatic heterocycles. The minimum atomic E-state index is -1.39. The minimum absolute atomic E-state index is 0.0601. The Morgan fingerprint density at radius 2 is 1.88 bits per heavy atom. The zero-order valence-corrected chi connectivity index (χ0v) is 24.6. The molecule has 1 heterocycles. The van der Waals surface area contributed by atoms with Crippen LogP contribution in [0.4, 0.5) is 5.69 Å². The van der Waals surface area contributed by atoms with Gasteiger partial charge in [-0.1, -0.05) is 83.3 Å². The van der Waals surface area contributed by atoms with E-state index in [1.54, 1.807) is 12.1 Å². The van der Waals surface area contributed by atoms with Crippen molar-refractivity contribution < 1.29 is 19.4 Å². The molecule has 1 aliphatic rings. The molecule has 0 aliphatic carbocycles. The number of hydrogen-bond donors (Lipinski definition) is 2. The van der Waals surface area contributed by atoms with Crippen molar-refractivity contribution in [2.24, 2.45) is 10.1 Å². The molecule has 0 bridgehead atoms. The zero-order valence-electron chi connectivity index (χ0n) is 23.0. The van der Waals surface area contributed by atoms with Crippen molar-refractivity contribution in [2.75, 3.05) is 19.8 Å². The number of nitrogens with one attached hydrogen (secondary N) is 1. The highest BCUT2D eigenvalue weighted by atomic mass is 79.9. The number of halogens is 1. The number of carbonyl (C=O) groups excluding carboxylic acids is 1. The van der Waals surface area contributed by atoms with Crippen molar-refractivity contribution in [3.63, 3.8) is 0 Å². The fraction of sp³-hybridized carbons (Fsp3) is 0.355. The zero-order chi connectivity index (χ0) is 29.1. The molecule has 41 heavy (non-hydrogen) atoms. The predicted molar refractivity (Wildman–Crippen MR) is 162 cm³/mol. The van der Waals surface area contributed by atoms with Crippen LogP contribution in [0.15, 0.2) is 87.4 Å². The van der Waals surface area contributed by atoms with Gasteiger partial charge in [-0.15, -0.1) is 0 Å². The lowest BCUT2D eigenvalue weighted by Gasteiger charge is -2.31.